The lowest BCUT2D eigenvalue weighted by molar-refractivity contribution is 0.256. The van der Waals surface area contributed by atoms with E-state index in [1.807, 2.05) is 25.3 Å². The third kappa shape index (κ3) is 4.27. The van der Waals surface area contributed by atoms with Gasteiger partial charge >= 0.3 is 6.03 Å². The minimum atomic E-state index is -0.801. The van der Waals surface area contributed by atoms with Crippen molar-refractivity contribution in [2.75, 3.05) is 10.6 Å². The van der Waals surface area contributed by atoms with E-state index in [0.29, 0.717) is 17.1 Å². The standard InChI is InChI=1S/C30H25FN6OS/c1-16-10-20-12-19(5-9-25(20)36-16)22-14-35-29(33)27-23(15-39-28(22)27)18-3-6-21(7-4-18)37(30(34)38)26-11-17(13-32)2-8-24(26)31/h2-12,14-15,36H,13,32H2,1H3,(H2,33,35)(H2,34,38). The largest absolute Gasteiger partial charge is 0.383 e. The van der Waals surface area contributed by atoms with Crippen molar-refractivity contribution in [3.63, 3.8) is 0 Å². The highest BCUT2D eigenvalue weighted by Crippen LogP contribution is 2.42. The number of H-pyrrole nitrogens is 1. The van der Waals surface area contributed by atoms with E-state index in [1.54, 1.807) is 29.5 Å². The number of hydrogen-bond donors (Lipinski definition) is 4. The third-order valence-electron chi connectivity index (χ3n) is 6.83. The van der Waals surface area contributed by atoms with Gasteiger partial charge in [-0.2, -0.15) is 0 Å². The second-order valence-electron chi connectivity index (χ2n) is 9.38. The molecule has 6 rings (SSSR count). The predicted octanol–water partition coefficient (Wildman–Crippen LogP) is 6.82. The number of benzene rings is 3. The van der Waals surface area contributed by atoms with Crippen molar-refractivity contribution in [2.24, 2.45) is 11.5 Å². The van der Waals surface area contributed by atoms with Crippen molar-refractivity contribution < 1.29 is 9.18 Å². The molecule has 3 aromatic heterocycles. The zero-order valence-corrected chi connectivity index (χ0v) is 21.9. The number of thiophene rings is 1. The lowest BCUT2D eigenvalue weighted by atomic mass is 10.0. The number of nitrogen functional groups attached to an aromatic ring is 1. The number of carbonyl (C=O) groups is 1. The summed E-state index contributed by atoms with van der Waals surface area (Å²) in [6.07, 6.45) is 1.82. The summed E-state index contributed by atoms with van der Waals surface area (Å²) >= 11 is 1.60. The number of amides is 2. The Balaban J connectivity index is 1.41. The summed E-state index contributed by atoms with van der Waals surface area (Å²) in [5.74, 6) is -0.134. The molecular weight excluding hydrogens is 511 g/mol. The minimum Gasteiger partial charge on any atom is -0.383 e. The van der Waals surface area contributed by atoms with Gasteiger partial charge in [-0.1, -0.05) is 24.3 Å². The van der Waals surface area contributed by atoms with Crippen LogP contribution in [-0.4, -0.2) is 16.0 Å². The number of anilines is 3. The van der Waals surface area contributed by atoms with Crippen molar-refractivity contribution in [3.05, 3.63) is 95.4 Å². The first kappa shape index (κ1) is 24.6. The average molecular weight is 537 g/mol. The Bertz CT molecular complexity index is 1870. The number of aryl methyl sites for hydroxylation is 1. The number of halogens is 1. The van der Waals surface area contributed by atoms with E-state index in [-0.39, 0.29) is 12.2 Å². The van der Waals surface area contributed by atoms with Gasteiger partial charge in [-0.15, -0.1) is 11.3 Å². The number of aromatic nitrogens is 2. The first-order chi connectivity index (χ1) is 18.8. The number of fused-ring (bicyclic) bond motifs is 2. The van der Waals surface area contributed by atoms with E-state index in [2.05, 4.69) is 39.6 Å². The molecule has 3 heterocycles. The number of nitrogens with zero attached hydrogens (tertiary/aromatic N) is 2. The molecule has 0 bridgehead atoms. The number of nitrogens with one attached hydrogen (secondary N) is 1. The lowest BCUT2D eigenvalue weighted by Crippen LogP contribution is -2.32. The van der Waals surface area contributed by atoms with Crippen LogP contribution in [0.3, 0.4) is 0 Å². The Hall–Kier alpha value is -4.73. The fraction of sp³-hybridized carbons (Fsp3) is 0.0667. The van der Waals surface area contributed by atoms with Crippen molar-refractivity contribution in [2.45, 2.75) is 13.5 Å². The summed E-state index contributed by atoms with van der Waals surface area (Å²) < 4.78 is 15.7. The fourth-order valence-corrected chi connectivity index (χ4v) is 6.08. The number of rotatable bonds is 5. The Morgan fingerprint density at radius 1 is 1.03 bits per heavy atom. The molecule has 0 aliphatic rings. The molecule has 7 N–H and O–H groups in total. The Morgan fingerprint density at radius 3 is 2.54 bits per heavy atom. The lowest BCUT2D eigenvalue weighted by Gasteiger charge is -2.22. The first-order valence-corrected chi connectivity index (χ1v) is 13.2. The molecule has 3 aromatic carbocycles. The molecule has 0 aliphatic heterocycles. The second-order valence-corrected chi connectivity index (χ2v) is 10.3. The van der Waals surface area contributed by atoms with Crippen LogP contribution in [0, 0.1) is 12.7 Å². The van der Waals surface area contributed by atoms with Crippen molar-refractivity contribution in [1.29, 1.82) is 0 Å². The minimum absolute atomic E-state index is 0.0480. The highest BCUT2D eigenvalue weighted by atomic mass is 32.1. The third-order valence-corrected chi connectivity index (χ3v) is 7.85. The number of aromatic amines is 1. The number of pyridine rings is 1. The van der Waals surface area contributed by atoms with Crippen LogP contribution in [0.1, 0.15) is 11.3 Å². The number of hydrogen-bond acceptors (Lipinski definition) is 5. The number of urea groups is 1. The van der Waals surface area contributed by atoms with Crippen LogP contribution in [0.2, 0.25) is 0 Å². The van der Waals surface area contributed by atoms with Gasteiger partial charge in [-0.3, -0.25) is 4.90 Å². The van der Waals surface area contributed by atoms with Crippen molar-refractivity contribution in [3.8, 4) is 22.3 Å². The summed E-state index contributed by atoms with van der Waals surface area (Å²) in [6.45, 7) is 2.25. The second kappa shape index (κ2) is 9.54. The molecule has 7 nitrogen and oxygen atoms in total. The predicted molar refractivity (Wildman–Crippen MR) is 158 cm³/mol. The van der Waals surface area contributed by atoms with Crippen LogP contribution < -0.4 is 22.1 Å². The van der Waals surface area contributed by atoms with Gasteiger partial charge < -0.3 is 22.2 Å². The monoisotopic (exact) mass is 536 g/mol. The van der Waals surface area contributed by atoms with Gasteiger partial charge in [0.15, 0.2) is 0 Å². The maximum Gasteiger partial charge on any atom is 0.323 e. The van der Waals surface area contributed by atoms with E-state index in [0.717, 1.165) is 53.8 Å². The summed E-state index contributed by atoms with van der Waals surface area (Å²) in [6, 6.07) is 19.2. The molecule has 6 aromatic rings. The van der Waals surface area contributed by atoms with Gasteiger partial charge in [-0.25, -0.2) is 14.2 Å². The zero-order chi connectivity index (χ0) is 27.3. The van der Waals surface area contributed by atoms with E-state index >= 15 is 0 Å². The maximum absolute atomic E-state index is 14.7. The van der Waals surface area contributed by atoms with Crippen molar-refractivity contribution >= 4 is 55.5 Å². The molecule has 0 fully saturated rings. The van der Waals surface area contributed by atoms with Crippen molar-refractivity contribution in [1.82, 2.24) is 9.97 Å². The summed E-state index contributed by atoms with van der Waals surface area (Å²) in [5, 5.41) is 4.05. The molecule has 194 valence electrons. The molecule has 39 heavy (non-hydrogen) atoms. The van der Waals surface area contributed by atoms with Crippen LogP contribution >= 0.6 is 11.3 Å². The Labute approximate surface area is 227 Å². The summed E-state index contributed by atoms with van der Waals surface area (Å²) in [4.78, 5) is 21.4. The molecule has 0 saturated heterocycles. The van der Waals surface area contributed by atoms with Gasteiger partial charge in [0.1, 0.15) is 11.6 Å². The number of nitrogens with two attached hydrogens (primary N) is 3. The van der Waals surface area contributed by atoms with Gasteiger partial charge in [0, 0.05) is 50.6 Å². The number of carbonyl (C=O) groups excluding carboxylic acids is 1. The average Bonchev–Trinajstić information content (AvgIpc) is 3.54. The van der Waals surface area contributed by atoms with E-state index in [4.69, 9.17) is 17.2 Å². The fourth-order valence-electron chi connectivity index (χ4n) is 4.96. The quantitative estimate of drug-likeness (QED) is 0.193. The molecule has 0 unspecified atom stereocenters. The molecule has 0 saturated carbocycles. The molecule has 9 heteroatoms. The highest BCUT2D eigenvalue weighted by Gasteiger charge is 2.21. The number of primary amides is 1. The Kier molecular flexibility index (Phi) is 6.02. The zero-order valence-electron chi connectivity index (χ0n) is 21.0. The molecule has 0 atom stereocenters. The van der Waals surface area contributed by atoms with E-state index in [9.17, 15) is 9.18 Å². The van der Waals surface area contributed by atoms with Crippen LogP contribution in [0.5, 0.6) is 0 Å². The topological polar surface area (TPSA) is 127 Å². The van der Waals surface area contributed by atoms with Gasteiger partial charge in [0.2, 0.25) is 0 Å². The SMILES string of the molecule is Cc1cc2cc(-c3cnc(N)c4c(-c5ccc(N(C(N)=O)c6cc(CN)ccc6F)cc5)csc34)ccc2[nH]1. The van der Waals surface area contributed by atoms with E-state index in [1.165, 1.54) is 12.1 Å². The van der Waals surface area contributed by atoms with Crippen LogP contribution in [-0.2, 0) is 6.54 Å². The van der Waals surface area contributed by atoms with Crippen LogP contribution in [0.4, 0.5) is 26.4 Å². The summed E-state index contributed by atoms with van der Waals surface area (Å²) in [7, 11) is 0. The first-order valence-electron chi connectivity index (χ1n) is 12.3. The molecule has 0 spiro atoms. The smallest absolute Gasteiger partial charge is 0.323 e. The molecule has 0 aliphatic carbocycles. The van der Waals surface area contributed by atoms with Gasteiger partial charge in [0.05, 0.1) is 11.4 Å². The molecule has 2 amide bonds. The van der Waals surface area contributed by atoms with Gasteiger partial charge in [-0.05, 0) is 71.5 Å². The van der Waals surface area contributed by atoms with E-state index < -0.39 is 11.8 Å². The van der Waals surface area contributed by atoms with Gasteiger partial charge in [0.25, 0.3) is 0 Å². The Morgan fingerprint density at radius 2 is 1.79 bits per heavy atom. The summed E-state index contributed by atoms with van der Waals surface area (Å²) in [5.41, 5.74) is 25.0. The van der Waals surface area contributed by atoms with Crippen LogP contribution in [0.25, 0.3) is 43.2 Å². The molecule has 0 radical (unpaired) electrons. The normalized spacial score (nSPS) is 11.4. The highest BCUT2D eigenvalue weighted by molar-refractivity contribution is 7.18. The van der Waals surface area contributed by atoms with Crippen LogP contribution in [0.15, 0.2) is 78.3 Å². The maximum atomic E-state index is 14.7. The molecular formula is C30H25FN6OS.